The molecule has 3 amide bonds. The first kappa shape index (κ1) is 29.0. The highest BCUT2D eigenvalue weighted by Crippen LogP contribution is 2.38. The molecule has 0 aliphatic heterocycles. The summed E-state index contributed by atoms with van der Waals surface area (Å²) in [5.74, 6) is 0.0354. The van der Waals surface area contributed by atoms with Gasteiger partial charge in [-0.3, -0.25) is 9.48 Å². The lowest BCUT2D eigenvalue weighted by molar-refractivity contribution is 0.0685. The number of rotatable bonds is 11. The standard InChI is InChI=1S/C27H34N6O6S/c1-5-13-33(14-15-38-3)26(34)22-17-24(30-32(22)2)40(36,37)31-27(35)29-25-20-8-6-7-18(20)9-10-21(25)19-11-12-28-23(16-19)39-4/h9-12,16-17H,5-8,13-15H2,1-4H3,(H2,29,31,35). The third-order valence-electron chi connectivity index (χ3n) is 6.70. The molecule has 0 atom stereocenters. The number of nitrogens with zero attached hydrogens (tertiary/aromatic N) is 4. The number of nitrogens with one attached hydrogen (secondary N) is 2. The summed E-state index contributed by atoms with van der Waals surface area (Å²) in [5, 5.41) is 6.34. The van der Waals surface area contributed by atoms with Gasteiger partial charge in [0.1, 0.15) is 5.69 Å². The first-order chi connectivity index (χ1) is 19.2. The van der Waals surface area contributed by atoms with Crippen molar-refractivity contribution in [2.75, 3.05) is 39.2 Å². The van der Waals surface area contributed by atoms with E-state index in [0.717, 1.165) is 42.4 Å². The summed E-state index contributed by atoms with van der Waals surface area (Å²) < 4.78 is 39.9. The van der Waals surface area contributed by atoms with Gasteiger partial charge in [0.25, 0.3) is 15.9 Å². The molecule has 1 aromatic carbocycles. The molecule has 1 aliphatic carbocycles. The van der Waals surface area contributed by atoms with Gasteiger partial charge in [0.05, 0.1) is 19.4 Å². The first-order valence-electron chi connectivity index (χ1n) is 13.0. The van der Waals surface area contributed by atoms with Crippen LogP contribution in [-0.4, -0.2) is 73.9 Å². The number of pyridine rings is 1. The predicted octanol–water partition coefficient (Wildman–Crippen LogP) is 2.99. The number of hydrogen-bond acceptors (Lipinski definition) is 8. The van der Waals surface area contributed by atoms with E-state index in [1.807, 2.05) is 23.8 Å². The molecule has 1 aliphatic rings. The quantitative estimate of drug-likeness (QED) is 0.358. The van der Waals surface area contributed by atoms with Crippen LogP contribution >= 0.6 is 0 Å². The highest BCUT2D eigenvalue weighted by molar-refractivity contribution is 7.90. The molecule has 0 radical (unpaired) electrons. The van der Waals surface area contributed by atoms with Crippen LogP contribution in [0.4, 0.5) is 10.5 Å². The lowest BCUT2D eigenvalue weighted by Crippen LogP contribution is -2.35. The van der Waals surface area contributed by atoms with Gasteiger partial charge in [0.2, 0.25) is 5.88 Å². The van der Waals surface area contributed by atoms with Crippen molar-refractivity contribution in [3.05, 3.63) is 53.3 Å². The normalized spacial score (nSPS) is 12.6. The smallest absolute Gasteiger partial charge is 0.333 e. The number of amides is 3. The number of carbonyl (C=O) groups excluding carboxylic acids is 2. The van der Waals surface area contributed by atoms with Crippen LogP contribution < -0.4 is 14.8 Å². The molecule has 4 rings (SSSR count). The largest absolute Gasteiger partial charge is 0.481 e. The number of anilines is 1. The molecular weight excluding hydrogens is 536 g/mol. The molecular formula is C27H34N6O6S. The molecule has 0 fully saturated rings. The van der Waals surface area contributed by atoms with E-state index in [2.05, 4.69) is 15.4 Å². The Morgan fingerprint density at radius 1 is 1.12 bits per heavy atom. The van der Waals surface area contributed by atoms with Gasteiger partial charge in [-0.25, -0.2) is 14.5 Å². The molecule has 0 unspecified atom stereocenters. The van der Waals surface area contributed by atoms with Gasteiger partial charge >= 0.3 is 6.03 Å². The van der Waals surface area contributed by atoms with Crippen LogP contribution in [0.3, 0.4) is 0 Å². The van der Waals surface area contributed by atoms with Crippen LogP contribution in [0, 0.1) is 0 Å². The zero-order valence-electron chi connectivity index (χ0n) is 23.1. The lowest BCUT2D eigenvalue weighted by Gasteiger charge is -2.21. The minimum atomic E-state index is -4.39. The average molecular weight is 571 g/mol. The molecule has 0 spiro atoms. The van der Waals surface area contributed by atoms with Crippen molar-refractivity contribution in [3.63, 3.8) is 0 Å². The fraction of sp³-hybridized carbons (Fsp3) is 0.407. The Balaban J connectivity index is 1.58. The van der Waals surface area contributed by atoms with E-state index in [-0.39, 0.29) is 11.6 Å². The molecule has 0 saturated heterocycles. The van der Waals surface area contributed by atoms with Gasteiger partial charge in [-0.1, -0.05) is 19.1 Å². The number of aryl methyl sites for hydroxylation is 2. The number of carbonyl (C=O) groups is 2. The molecule has 0 saturated carbocycles. The second-order valence-corrected chi connectivity index (χ2v) is 11.0. The number of aromatic nitrogens is 3. The minimum absolute atomic E-state index is 0.0835. The zero-order valence-corrected chi connectivity index (χ0v) is 23.9. The Kier molecular flexibility index (Phi) is 9.05. The number of hydrogen-bond donors (Lipinski definition) is 2. The predicted molar refractivity (Wildman–Crippen MR) is 149 cm³/mol. The highest BCUT2D eigenvalue weighted by Gasteiger charge is 2.28. The Morgan fingerprint density at radius 3 is 2.65 bits per heavy atom. The van der Waals surface area contributed by atoms with Gasteiger partial charge in [-0.05, 0) is 48.4 Å². The van der Waals surface area contributed by atoms with E-state index in [9.17, 15) is 18.0 Å². The fourth-order valence-electron chi connectivity index (χ4n) is 4.77. The number of methoxy groups -OCH3 is 2. The molecule has 2 heterocycles. The van der Waals surface area contributed by atoms with Crippen LogP contribution in [0.15, 0.2) is 41.6 Å². The van der Waals surface area contributed by atoms with Crippen molar-refractivity contribution in [2.24, 2.45) is 7.05 Å². The van der Waals surface area contributed by atoms with Crippen molar-refractivity contribution in [1.29, 1.82) is 0 Å². The van der Waals surface area contributed by atoms with E-state index in [1.54, 1.807) is 30.3 Å². The van der Waals surface area contributed by atoms with Crippen LogP contribution in [-0.2, 0) is 34.6 Å². The third-order valence-corrected chi connectivity index (χ3v) is 7.91. The maximum absolute atomic E-state index is 13.1. The molecule has 214 valence electrons. The molecule has 40 heavy (non-hydrogen) atoms. The molecule has 2 N–H and O–H groups in total. The van der Waals surface area contributed by atoms with Crippen LogP contribution in [0.25, 0.3) is 11.1 Å². The topological polar surface area (TPSA) is 145 Å². The first-order valence-corrected chi connectivity index (χ1v) is 14.5. The van der Waals surface area contributed by atoms with Crippen molar-refractivity contribution < 1.29 is 27.5 Å². The molecule has 2 aromatic heterocycles. The summed E-state index contributed by atoms with van der Waals surface area (Å²) in [6.07, 6.45) is 4.87. The van der Waals surface area contributed by atoms with Crippen LogP contribution in [0.1, 0.15) is 41.4 Å². The van der Waals surface area contributed by atoms with Crippen LogP contribution in [0.5, 0.6) is 5.88 Å². The molecule has 3 aromatic rings. The van der Waals surface area contributed by atoms with E-state index in [1.165, 1.54) is 24.9 Å². The molecule has 12 nitrogen and oxygen atoms in total. The Labute approximate surface area is 233 Å². The van der Waals surface area contributed by atoms with E-state index in [4.69, 9.17) is 9.47 Å². The third kappa shape index (κ3) is 6.26. The average Bonchev–Trinajstić information content (AvgIpc) is 3.58. The summed E-state index contributed by atoms with van der Waals surface area (Å²) in [6.45, 7) is 3.11. The van der Waals surface area contributed by atoms with Gasteiger partial charge in [0.15, 0.2) is 5.03 Å². The summed E-state index contributed by atoms with van der Waals surface area (Å²) >= 11 is 0. The van der Waals surface area contributed by atoms with Crippen molar-refractivity contribution in [3.8, 4) is 17.0 Å². The van der Waals surface area contributed by atoms with Gasteiger partial charge < -0.3 is 19.7 Å². The summed E-state index contributed by atoms with van der Waals surface area (Å²) in [4.78, 5) is 31.9. The minimum Gasteiger partial charge on any atom is -0.481 e. The fourth-order valence-corrected chi connectivity index (χ4v) is 5.67. The number of sulfonamides is 1. The van der Waals surface area contributed by atoms with E-state index < -0.39 is 21.1 Å². The van der Waals surface area contributed by atoms with Gasteiger partial charge in [-0.15, -0.1) is 0 Å². The summed E-state index contributed by atoms with van der Waals surface area (Å²) in [5.41, 5.74) is 4.14. The van der Waals surface area contributed by atoms with Crippen molar-refractivity contribution in [1.82, 2.24) is 24.4 Å². The zero-order chi connectivity index (χ0) is 28.9. The monoisotopic (exact) mass is 570 g/mol. The van der Waals surface area contributed by atoms with Crippen LogP contribution in [0.2, 0.25) is 0 Å². The second-order valence-electron chi connectivity index (χ2n) is 9.40. The molecule has 0 bridgehead atoms. The highest BCUT2D eigenvalue weighted by atomic mass is 32.2. The second kappa shape index (κ2) is 12.5. The number of fused-ring (bicyclic) bond motifs is 1. The Morgan fingerprint density at radius 2 is 1.93 bits per heavy atom. The summed E-state index contributed by atoms with van der Waals surface area (Å²) in [6, 6.07) is 7.68. The SMILES string of the molecule is CCCN(CCOC)C(=O)c1cc(S(=O)(=O)NC(=O)Nc2c(-c3ccnc(OC)c3)ccc3c2CCC3)nn1C. The van der Waals surface area contributed by atoms with Gasteiger partial charge in [-0.2, -0.15) is 13.5 Å². The number of urea groups is 1. The van der Waals surface area contributed by atoms with Gasteiger partial charge in [0, 0.05) is 51.1 Å². The maximum Gasteiger partial charge on any atom is 0.333 e. The number of benzene rings is 1. The Hall–Kier alpha value is -3.97. The lowest BCUT2D eigenvalue weighted by atomic mass is 9.98. The Bertz CT molecular complexity index is 1500. The maximum atomic E-state index is 13.1. The van der Waals surface area contributed by atoms with E-state index >= 15 is 0 Å². The van der Waals surface area contributed by atoms with Crippen molar-refractivity contribution in [2.45, 2.75) is 37.6 Å². The number of ether oxygens (including phenoxy) is 2. The van der Waals surface area contributed by atoms with E-state index in [0.29, 0.717) is 36.8 Å². The summed E-state index contributed by atoms with van der Waals surface area (Å²) in [7, 11) is 0.150. The van der Waals surface area contributed by atoms with Crippen molar-refractivity contribution >= 4 is 27.6 Å². The molecule has 13 heteroatoms.